The fourth-order valence-corrected chi connectivity index (χ4v) is 1.33. The lowest BCUT2D eigenvalue weighted by molar-refractivity contribution is -0.399. The van der Waals surface area contributed by atoms with Gasteiger partial charge in [0.1, 0.15) is 5.56 Å². The van der Waals surface area contributed by atoms with Gasteiger partial charge in [-0.1, -0.05) is 13.8 Å². The molecule has 0 aliphatic heterocycles. The van der Waals surface area contributed by atoms with Crippen molar-refractivity contribution in [3.05, 3.63) is 32.6 Å². The van der Waals surface area contributed by atoms with Gasteiger partial charge in [0, 0.05) is 13.2 Å². The van der Waals surface area contributed by atoms with E-state index in [-0.39, 0.29) is 10.8 Å². The third-order valence-corrected chi connectivity index (χ3v) is 2.59. The first kappa shape index (κ1) is 22.1. The van der Waals surface area contributed by atoms with Crippen molar-refractivity contribution in [2.24, 2.45) is 7.05 Å². The van der Waals surface area contributed by atoms with Crippen LogP contribution in [-0.2, 0) is 13.0 Å². The average molecular weight is 374 g/mol. The molecule has 1 rings (SSSR count). The van der Waals surface area contributed by atoms with Crippen LogP contribution in [0.25, 0.3) is 0 Å². The summed E-state index contributed by atoms with van der Waals surface area (Å²) in [5, 5.41) is 0. The molecule has 4 nitrogen and oxygen atoms in total. The quantitative estimate of drug-likeness (QED) is 0.827. The first-order valence-electron chi connectivity index (χ1n) is 6.08. The number of rotatable bonds is 3. The summed E-state index contributed by atoms with van der Waals surface area (Å²) in [5.74, 6) is -20.3. The molecule has 24 heavy (non-hydrogen) atoms. The molecule has 0 atom stereocenters. The molecular formula is C11H11F9N2O2. The normalized spacial score (nSPS) is 13.3. The van der Waals surface area contributed by atoms with Gasteiger partial charge in [0.05, 0.1) is 0 Å². The Bertz CT molecular complexity index is 688. The molecule has 0 aliphatic rings. The molecule has 1 aromatic heterocycles. The molecule has 0 unspecified atom stereocenters. The van der Waals surface area contributed by atoms with Gasteiger partial charge >= 0.3 is 29.6 Å². The third kappa shape index (κ3) is 3.29. The van der Waals surface area contributed by atoms with E-state index in [0.29, 0.717) is 7.05 Å². The summed E-state index contributed by atoms with van der Waals surface area (Å²) in [6.07, 6.45) is -7.24. The van der Waals surface area contributed by atoms with E-state index in [1.54, 1.807) is 0 Å². The Morgan fingerprint density at radius 1 is 0.875 bits per heavy atom. The number of aromatic amines is 1. The van der Waals surface area contributed by atoms with Crippen molar-refractivity contribution in [2.75, 3.05) is 0 Å². The van der Waals surface area contributed by atoms with Crippen molar-refractivity contribution in [3.8, 4) is 0 Å². The molecule has 0 radical (unpaired) electrons. The predicted octanol–water partition coefficient (Wildman–Crippen LogP) is 3.02. The maximum Gasteiger partial charge on any atom is 0.460 e. The number of hydrogen-bond acceptors (Lipinski definition) is 2. The highest BCUT2D eigenvalue weighted by Crippen LogP contribution is 2.55. The molecular weight excluding hydrogens is 363 g/mol. The summed E-state index contributed by atoms with van der Waals surface area (Å²) in [6.45, 7) is 4.00. The van der Waals surface area contributed by atoms with Gasteiger partial charge in [-0.2, -0.15) is 39.5 Å². The summed E-state index contributed by atoms with van der Waals surface area (Å²) < 4.78 is 114. The summed E-state index contributed by atoms with van der Waals surface area (Å²) in [5.41, 5.74) is -6.00. The summed E-state index contributed by atoms with van der Waals surface area (Å²) in [4.78, 5) is 23.0. The molecule has 1 aromatic rings. The highest BCUT2D eigenvalue weighted by molar-refractivity contribution is 5.19. The maximum atomic E-state index is 13.5. The maximum absolute atomic E-state index is 13.5. The summed E-state index contributed by atoms with van der Waals surface area (Å²) in [6, 6.07) is 0. The van der Waals surface area contributed by atoms with Crippen LogP contribution in [-0.4, -0.2) is 27.6 Å². The van der Waals surface area contributed by atoms with Gasteiger partial charge in [0.25, 0.3) is 5.56 Å². The molecule has 0 bridgehead atoms. The number of alkyl halides is 9. The Morgan fingerprint density at radius 2 is 1.29 bits per heavy atom. The number of aromatic nitrogens is 2. The van der Waals surface area contributed by atoms with E-state index in [2.05, 4.69) is 0 Å². The zero-order valence-electron chi connectivity index (χ0n) is 12.2. The molecule has 0 fully saturated rings. The highest BCUT2D eigenvalue weighted by atomic mass is 19.4. The van der Waals surface area contributed by atoms with Gasteiger partial charge in [-0.15, -0.1) is 0 Å². The molecule has 1 N–H and O–H groups in total. The Kier molecular flexibility index (Phi) is 5.98. The van der Waals surface area contributed by atoms with Crippen LogP contribution in [0, 0.1) is 0 Å². The number of nitrogens with one attached hydrogen (secondary N) is 1. The third-order valence-electron chi connectivity index (χ3n) is 2.59. The molecule has 13 heteroatoms. The van der Waals surface area contributed by atoms with E-state index < -0.39 is 40.8 Å². The molecule has 0 spiro atoms. The lowest BCUT2D eigenvalue weighted by Crippen LogP contribution is -2.60. The first-order chi connectivity index (χ1) is 10.6. The number of halogens is 9. The standard InChI is InChI=1S/C9H5F9N2O2.C2H6/c1-20-2-3(4(21)19-5(20)22)6(10,11)7(12,13)8(14,15)9(16,17)18;1-2/h2H,1H3,(H,19,21,22);1-2H3. The van der Waals surface area contributed by atoms with Crippen LogP contribution in [0.2, 0.25) is 0 Å². The number of H-pyrrole nitrogens is 1. The minimum Gasteiger partial charge on any atom is -0.303 e. The van der Waals surface area contributed by atoms with Crippen molar-refractivity contribution in [2.45, 2.75) is 37.8 Å². The van der Waals surface area contributed by atoms with Crippen LogP contribution in [0.15, 0.2) is 15.8 Å². The zero-order chi connectivity index (χ0) is 19.7. The van der Waals surface area contributed by atoms with E-state index in [9.17, 15) is 49.1 Å². The van der Waals surface area contributed by atoms with Gasteiger partial charge < -0.3 is 4.57 Å². The smallest absolute Gasteiger partial charge is 0.303 e. The van der Waals surface area contributed by atoms with Crippen molar-refractivity contribution in [1.29, 1.82) is 0 Å². The van der Waals surface area contributed by atoms with Crippen LogP contribution in [0.3, 0.4) is 0 Å². The largest absolute Gasteiger partial charge is 0.460 e. The number of aryl methyl sites for hydroxylation is 1. The topological polar surface area (TPSA) is 54.9 Å². The second-order valence-electron chi connectivity index (χ2n) is 4.13. The fraction of sp³-hybridized carbons (Fsp3) is 0.636. The van der Waals surface area contributed by atoms with E-state index >= 15 is 0 Å². The van der Waals surface area contributed by atoms with Gasteiger partial charge in [0.15, 0.2) is 0 Å². The summed E-state index contributed by atoms with van der Waals surface area (Å²) in [7, 11) is 0.678. The lowest BCUT2D eigenvalue weighted by Gasteiger charge is -2.33. The predicted molar refractivity (Wildman–Crippen MR) is 63.5 cm³/mol. The molecule has 1 heterocycles. The van der Waals surface area contributed by atoms with Crippen molar-refractivity contribution in [1.82, 2.24) is 9.55 Å². The van der Waals surface area contributed by atoms with Gasteiger partial charge in [-0.25, -0.2) is 4.79 Å². The SMILES string of the molecule is CC.Cn1cc(C(F)(F)C(F)(F)C(F)(F)C(F)(F)F)c(=O)[nH]c1=O. The molecule has 0 saturated carbocycles. The van der Waals surface area contributed by atoms with Crippen LogP contribution in [0.5, 0.6) is 0 Å². The number of hydrogen-bond donors (Lipinski definition) is 1. The Hall–Kier alpha value is -1.95. The molecule has 0 saturated heterocycles. The lowest BCUT2D eigenvalue weighted by atomic mass is 9.99. The van der Waals surface area contributed by atoms with E-state index in [1.807, 2.05) is 13.8 Å². The van der Waals surface area contributed by atoms with Crippen molar-refractivity contribution < 1.29 is 39.5 Å². The van der Waals surface area contributed by atoms with Gasteiger partial charge in [0.2, 0.25) is 0 Å². The van der Waals surface area contributed by atoms with Crippen molar-refractivity contribution >= 4 is 0 Å². The Balaban J connectivity index is 0.00000254. The second kappa shape index (κ2) is 6.51. The Labute approximate surface area is 127 Å². The monoisotopic (exact) mass is 374 g/mol. The fourth-order valence-electron chi connectivity index (χ4n) is 1.33. The minimum atomic E-state index is -7.12. The van der Waals surface area contributed by atoms with E-state index in [1.165, 1.54) is 0 Å². The second-order valence-corrected chi connectivity index (χ2v) is 4.13. The first-order valence-corrected chi connectivity index (χ1v) is 6.08. The molecule has 140 valence electrons. The van der Waals surface area contributed by atoms with Gasteiger partial charge in [-0.05, 0) is 0 Å². The van der Waals surface area contributed by atoms with Crippen LogP contribution in [0.4, 0.5) is 39.5 Å². The molecule has 0 amide bonds. The summed E-state index contributed by atoms with van der Waals surface area (Å²) >= 11 is 0. The average Bonchev–Trinajstić information content (AvgIpc) is 2.43. The van der Waals surface area contributed by atoms with Crippen LogP contribution in [0.1, 0.15) is 19.4 Å². The van der Waals surface area contributed by atoms with Crippen LogP contribution >= 0.6 is 0 Å². The number of nitrogens with zero attached hydrogens (tertiary/aromatic N) is 1. The Morgan fingerprint density at radius 3 is 1.67 bits per heavy atom. The van der Waals surface area contributed by atoms with E-state index in [0.717, 1.165) is 4.98 Å². The highest BCUT2D eigenvalue weighted by Gasteiger charge is 2.82. The minimum absolute atomic E-state index is 0.104. The zero-order valence-corrected chi connectivity index (χ0v) is 12.2. The van der Waals surface area contributed by atoms with Gasteiger partial charge in [-0.3, -0.25) is 9.78 Å². The molecule has 0 aromatic carbocycles. The van der Waals surface area contributed by atoms with Crippen molar-refractivity contribution in [3.63, 3.8) is 0 Å². The molecule has 0 aliphatic carbocycles. The van der Waals surface area contributed by atoms with E-state index in [4.69, 9.17) is 0 Å². The van der Waals surface area contributed by atoms with Crippen LogP contribution < -0.4 is 11.2 Å².